The molecule has 2 aromatic rings. The molecule has 1 fully saturated rings. The molecule has 1 aliphatic carbocycles. The van der Waals surface area contributed by atoms with Crippen molar-refractivity contribution < 1.29 is 19.1 Å². The van der Waals surface area contributed by atoms with E-state index in [1.54, 1.807) is 25.7 Å². The van der Waals surface area contributed by atoms with E-state index in [1.165, 1.54) is 0 Å². The molecule has 3 amide bonds. The first kappa shape index (κ1) is 28.2. The molecule has 0 bridgehead atoms. The highest BCUT2D eigenvalue weighted by atomic mass is 16.6. The van der Waals surface area contributed by atoms with Crippen molar-refractivity contribution >= 4 is 23.6 Å². The molecular formula is C30H41N3O4. The number of benzene rings is 2. The van der Waals surface area contributed by atoms with Crippen molar-refractivity contribution in [3.05, 3.63) is 65.7 Å². The summed E-state index contributed by atoms with van der Waals surface area (Å²) < 4.78 is 5.47. The number of aryl methyl sites for hydroxylation is 1. The summed E-state index contributed by atoms with van der Waals surface area (Å²) >= 11 is 0. The Bertz CT molecular complexity index is 1070. The van der Waals surface area contributed by atoms with Crippen LogP contribution in [0.2, 0.25) is 0 Å². The van der Waals surface area contributed by atoms with Crippen LogP contribution in [0.25, 0.3) is 0 Å². The van der Waals surface area contributed by atoms with Gasteiger partial charge in [-0.2, -0.15) is 0 Å². The van der Waals surface area contributed by atoms with Gasteiger partial charge in [0.25, 0.3) is 5.91 Å². The van der Waals surface area contributed by atoms with Crippen LogP contribution in [-0.4, -0.2) is 40.5 Å². The van der Waals surface area contributed by atoms with E-state index in [1.807, 2.05) is 75.4 Å². The maximum Gasteiger partial charge on any atom is 0.408 e. The molecule has 2 unspecified atom stereocenters. The summed E-state index contributed by atoms with van der Waals surface area (Å²) in [4.78, 5) is 42.5. The molecule has 2 atom stereocenters. The number of carbonyl (C=O) groups excluding carboxylic acids is 3. The molecule has 37 heavy (non-hydrogen) atoms. The molecule has 0 saturated heterocycles. The summed E-state index contributed by atoms with van der Waals surface area (Å²) in [7, 11) is 0. The molecule has 7 heteroatoms. The average molecular weight is 508 g/mol. The van der Waals surface area contributed by atoms with Gasteiger partial charge in [0.05, 0.1) is 0 Å². The van der Waals surface area contributed by atoms with Crippen LogP contribution in [0, 0.1) is 12.8 Å². The van der Waals surface area contributed by atoms with E-state index in [0.717, 1.165) is 30.4 Å². The zero-order chi connectivity index (χ0) is 27.2. The van der Waals surface area contributed by atoms with E-state index in [-0.39, 0.29) is 23.8 Å². The fourth-order valence-corrected chi connectivity index (χ4v) is 4.49. The lowest BCUT2D eigenvalue weighted by molar-refractivity contribution is -0.146. The highest BCUT2D eigenvalue weighted by Gasteiger charge is 2.42. The minimum Gasteiger partial charge on any atom is -0.444 e. The second-order valence-corrected chi connectivity index (χ2v) is 11.3. The second-order valence-electron chi connectivity index (χ2n) is 11.3. The quantitative estimate of drug-likeness (QED) is 0.436. The number of anilines is 1. The Morgan fingerprint density at radius 3 is 2.16 bits per heavy atom. The van der Waals surface area contributed by atoms with Gasteiger partial charge in [-0.1, -0.05) is 62.4 Å². The number of hydrogen-bond donors (Lipinski definition) is 2. The number of rotatable bonds is 9. The predicted molar refractivity (Wildman–Crippen MR) is 146 cm³/mol. The van der Waals surface area contributed by atoms with E-state index in [0.29, 0.717) is 12.1 Å². The minimum absolute atomic E-state index is 0.0876. The molecule has 0 spiro atoms. The van der Waals surface area contributed by atoms with Gasteiger partial charge in [0.15, 0.2) is 0 Å². The van der Waals surface area contributed by atoms with Crippen molar-refractivity contribution in [2.24, 2.45) is 5.92 Å². The van der Waals surface area contributed by atoms with Crippen molar-refractivity contribution in [1.29, 1.82) is 0 Å². The molecule has 0 radical (unpaired) electrons. The van der Waals surface area contributed by atoms with E-state index < -0.39 is 23.8 Å². The van der Waals surface area contributed by atoms with Crippen molar-refractivity contribution in [3.8, 4) is 0 Å². The predicted octanol–water partition coefficient (Wildman–Crippen LogP) is 6.00. The Morgan fingerprint density at radius 1 is 1.00 bits per heavy atom. The third kappa shape index (κ3) is 7.81. The number of alkyl carbamates (subject to hydrolysis) is 1. The molecular weight excluding hydrogens is 466 g/mol. The fraction of sp³-hybridized carbons (Fsp3) is 0.500. The maximum atomic E-state index is 14.2. The monoisotopic (exact) mass is 507 g/mol. The Morgan fingerprint density at radius 2 is 1.62 bits per heavy atom. The number of para-hydroxylation sites is 1. The average Bonchev–Trinajstić information content (AvgIpc) is 2.77. The molecule has 0 heterocycles. The van der Waals surface area contributed by atoms with Crippen LogP contribution in [0.5, 0.6) is 0 Å². The van der Waals surface area contributed by atoms with Crippen LogP contribution in [0.4, 0.5) is 10.5 Å². The minimum atomic E-state index is -0.839. The zero-order valence-electron chi connectivity index (χ0n) is 22.9. The van der Waals surface area contributed by atoms with Gasteiger partial charge < -0.3 is 20.3 Å². The molecule has 0 aliphatic heterocycles. The van der Waals surface area contributed by atoms with Crippen molar-refractivity contribution in [1.82, 2.24) is 10.2 Å². The summed E-state index contributed by atoms with van der Waals surface area (Å²) in [5.74, 6) is -0.401. The lowest BCUT2D eigenvalue weighted by atomic mass is 9.87. The van der Waals surface area contributed by atoms with E-state index in [2.05, 4.69) is 10.6 Å². The van der Waals surface area contributed by atoms with Gasteiger partial charge in [-0.05, 0) is 76.5 Å². The van der Waals surface area contributed by atoms with Crippen molar-refractivity contribution in [2.45, 2.75) is 91.0 Å². The van der Waals surface area contributed by atoms with Gasteiger partial charge in [0.2, 0.25) is 5.91 Å². The SMILES string of the molecule is Cc1ccccc1NC(=O)C(c1ccccc1)N(C(=O)C(CC(C)C)NC(=O)OC(C)(C)C)C1CCC1. The fourth-order valence-electron chi connectivity index (χ4n) is 4.49. The zero-order valence-corrected chi connectivity index (χ0v) is 22.9. The number of nitrogens with one attached hydrogen (secondary N) is 2. The lowest BCUT2D eigenvalue weighted by Crippen LogP contribution is -2.57. The maximum absolute atomic E-state index is 14.2. The first-order valence-electron chi connectivity index (χ1n) is 13.2. The van der Waals surface area contributed by atoms with Crippen LogP contribution >= 0.6 is 0 Å². The number of amides is 3. The van der Waals surface area contributed by atoms with Crippen LogP contribution in [0.3, 0.4) is 0 Å². The Hall–Kier alpha value is -3.35. The highest BCUT2D eigenvalue weighted by molar-refractivity contribution is 5.99. The molecule has 1 saturated carbocycles. The summed E-state index contributed by atoms with van der Waals surface area (Å²) in [5.41, 5.74) is 1.69. The third-order valence-electron chi connectivity index (χ3n) is 6.46. The number of carbonyl (C=O) groups is 3. The van der Waals surface area contributed by atoms with Crippen LogP contribution in [-0.2, 0) is 14.3 Å². The van der Waals surface area contributed by atoms with Gasteiger partial charge in [0, 0.05) is 11.7 Å². The van der Waals surface area contributed by atoms with E-state index >= 15 is 0 Å². The molecule has 3 rings (SSSR count). The van der Waals surface area contributed by atoms with Crippen LogP contribution < -0.4 is 10.6 Å². The normalized spacial score (nSPS) is 15.3. The Labute approximate surface area is 221 Å². The molecule has 0 aromatic heterocycles. The number of hydrogen-bond acceptors (Lipinski definition) is 4. The van der Waals surface area contributed by atoms with Crippen LogP contribution in [0.1, 0.15) is 77.5 Å². The molecule has 2 aromatic carbocycles. The summed E-state index contributed by atoms with van der Waals surface area (Å²) in [6.07, 6.45) is 2.41. The molecule has 2 N–H and O–H groups in total. The van der Waals surface area contributed by atoms with E-state index in [4.69, 9.17) is 4.74 Å². The summed E-state index contributed by atoms with van der Waals surface area (Å²) in [6.45, 7) is 11.3. The van der Waals surface area contributed by atoms with Gasteiger partial charge in [0.1, 0.15) is 17.7 Å². The van der Waals surface area contributed by atoms with Gasteiger partial charge in [-0.25, -0.2) is 4.79 Å². The van der Waals surface area contributed by atoms with Gasteiger partial charge in [-0.3, -0.25) is 9.59 Å². The number of ether oxygens (including phenoxy) is 1. The third-order valence-corrected chi connectivity index (χ3v) is 6.46. The van der Waals surface area contributed by atoms with Crippen molar-refractivity contribution in [2.75, 3.05) is 5.32 Å². The molecule has 7 nitrogen and oxygen atoms in total. The van der Waals surface area contributed by atoms with Crippen molar-refractivity contribution in [3.63, 3.8) is 0 Å². The topological polar surface area (TPSA) is 87.7 Å². The molecule has 1 aliphatic rings. The Balaban J connectivity index is 1.99. The summed E-state index contributed by atoms with van der Waals surface area (Å²) in [5, 5.41) is 5.86. The highest BCUT2D eigenvalue weighted by Crippen LogP contribution is 2.35. The Kier molecular flexibility index (Phi) is 9.35. The first-order valence-corrected chi connectivity index (χ1v) is 13.2. The standard InChI is InChI=1S/C30H41N3O4/c1-20(2)19-25(32-29(36)37-30(4,5)6)28(35)33(23-16-12-17-23)26(22-14-8-7-9-15-22)27(34)31-24-18-11-10-13-21(24)3/h7-11,13-15,18,20,23,25-26H,12,16-17,19H2,1-6H3,(H,31,34)(H,32,36). The first-order chi connectivity index (χ1) is 17.5. The largest absolute Gasteiger partial charge is 0.444 e. The van der Waals surface area contributed by atoms with Gasteiger partial charge in [-0.15, -0.1) is 0 Å². The van der Waals surface area contributed by atoms with Gasteiger partial charge >= 0.3 is 6.09 Å². The van der Waals surface area contributed by atoms with E-state index in [9.17, 15) is 14.4 Å². The lowest BCUT2D eigenvalue weighted by Gasteiger charge is -2.43. The number of nitrogens with zero attached hydrogens (tertiary/aromatic N) is 1. The molecule has 200 valence electrons. The van der Waals surface area contributed by atoms with Crippen LogP contribution in [0.15, 0.2) is 54.6 Å². The summed E-state index contributed by atoms with van der Waals surface area (Å²) in [6, 6.07) is 15.2. The second kappa shape index (κ2) is 12.3. The smallest absolute Gasteiger partial charge is 0.408 e.